The molecule has 14 rings (SSSR count). The molecule has 0 N–H and O–H groups in total. The van der Waals surface area contributed by atoms with Gasteiger partial charge in [-0.05, 0) is 92.5 Å². The molecule has 0 fully saturated rings. The summed E-state index contributed by atoms with van der Waals surface area (Å²) in [5, 5.41) is 9.32. The number of nitrogens with zero attached hydrogens (tertiary/aromatic N) is 4. The van der Waals surface area contributed by atoms with E-state index in [1.54, 1.807) is 0 Å². The van der Waals surface area contributed by atoms with E-state index in [2.05, 4.69) is 223 Å². The van der Waals surface area contributed by atoms with Crippen molar-refractivity contribution in [1.82, 2.24) is 19.5 Å². The van der Waals surface area contributed by atoms with Gasteiger partial charge < -0.3 is 8.98 Å². The van der Waals surface area contributed by atoms with E-state index in [1.165, 1.54) is 32.3 Å². The third-order valence-corrected chi connectivity index (χ3v) is 13.8. The van der Waals surface area contributed by atoms with Crippen molar-refractivity contribution in [2.75, 3.05) is 0 Å². The predicted octanol–water partition coefficient (Wildman–Crippen LogP) is 17.2. The maximum Gasteiger partial charge on any atom is 0.164 e. The lowest BCUT2D eigenvalue weighted by atomic mass is 9.97. The highest BCUT2D eigenvalue weighted by atomic mass is 16.3. The van der Waals surface area contributed by atoms with Gasteiger partial charge in [0.1, 0.15) is 11.2 Å². The zero-order valence-corrected chi connectivity index (χ0v) is 37.8. The zero-order valence-electron chi connectivity index (χ0n) is 37.8. The van der Waals surface area contributed by atoms with Crippen molar-refractivity contribution in [3.8, 4) is 73.2 Å². The zero-order chi connectivity index (χ0) is 46.1. The minimum absolute atomic E-state index is 0.571. The molecular formula is C65H40N4O. The molecule has 3 aromatic heterocycles. The number of para-hydroxylation sites is 1. The summed E-state index contributed by atoms with van der Waals surface area (Å²) in [7, 11) is 0. The first-order chi connectivity index (χ1) is 34.7. The van der Waals surface area contributed by atoms with E-state index in [9.17, 15) is 0 Å². The average Bonchev–Trinajstić information content (AvgIpc) is 3.97. The topological polar surface area (TPSA) is 56.7 Å². The maximum absolute atomic E-state index is 6.59. The van der Waals surface area contributed by atoms with Crippen LogP contribution in [0.4, 0.5) is 0 Å². The molecule has 0 aliphatic heterocycles. The fraction of sp³-hybridized carbons (Fsp3) is 0. The summed E-state index contributed by atoms with van der Waals surface area (Å²) in [5.74, 6) is 1.76. The lowest BCUT2D eigenvalue weighted by Crippen LogP contribution is -2.03. The van der Waals surface area contributed by atoms with Gasteiger partial charge in [-0.2, -0.15) is 0 Å². The van der Waals surface area contributed by atoms with Crippen molar-refractivity contribution in [1.29, 1.82) is 0 Å². The van der Waals surface area contributed by atoms with Crippen LogP contribution in [0.25, 0.3) is 139 Å². The average molecular weight is 893 g/mol. The fourth-order valence-electron chi connectivity index (χ4n) is 10.5. The monoisotopic (exact) mass is 892 g/mol. The summed E-state index contributed by atoms with van der Waals surface area (Å²) in [6.45, 7) is 0. The first-order valence-corrected chi connectivity index (χ1v) is 23.7. The molecule has 0 saturated carbocycles. The van der Waals surface area contributed by atoms with E-state index in [1.807, 2.05) is 24.3 Å². The van der Waals surface area contributed by atoms with Gasteiger partial charge in [0.05, 0.1) is 16.7 Å². The lowest BCUT2D eigenvalue weighted by Gasteiger charge is -2.18. The van der Waals surface area contributed by atoms with Crippen LogP contribution in [0, 0.1) is 0 Å². The van der Waals surface area contributed by atoms with E-state index in [4.69, 9.17) is 19.4 Å². The quantitative estimate of drug-likeness (QED) is 0.160. The molecule has 326 valence electrons. The molecule has 0 saturated heterocycles. The number of rotatable bonds is 7. The van der Waals surface area contributed by atoms with Gasteiger partial charge in [-0.3, -0.25) is 0 Å². The third kappa shape index (κ3) is 6.51. The van der Waals surface area contributed by atoms with Crippen LogP contribution >= 0.6 is 0 Å². The highest BCUT2D eigenvalue weighted by molar-refractivity contribution is 6.21. The van der Waals surface area contributed by atoms with Crippen molar-refractivity contribution in [2.24, 2.45) is 0 Å². The summed E-state index contributed by atoms with van der Waals surface area (Å²) < 4.78 is 9.06. The normalized spacial score (nSPS) is 11.7. The summed E-state index contributed by atoms with van der Waals surface area (Å²) >= 11 is 0. The second kappa shape index (κ2) is 16.1. The highest BCUT2D eigenvalue weighted by Crippen LogP contribution is 2.44. The lowest BCUT2D eigenvalue weighted by molar-refractivity contribution is 0.669. The highest BCUT2D eigenvalue weighted by Gasteiger charge is 2.23. The van der Waals surface area contributed by atoms with Gasteiger partial charge in [0.15, 0.2) is 17.5 Å². The number of fused-ring (bicyclic) bond motifs is 9. The number of aromatic nitrogens is 4. The third-order valence-electron chi connectivity index (χ3n) is 13.8. The SMILES string of the molecule is c1ccc(-c2ccccc2-c2nc(-c3ccc(-n4c5cc6ccccc6cc5c5ccc6ccccc6c54)c(-c4ccc5c(c4)oc4ccccc45)c3)nc(-c3ccccc3-c3ccccc3)n2)cc1. The van der Waals surface area contributed by atoms with E-state index >= 15 is 0 Å². The Hall–Kier alpha value is -9.45. The van der Waals surface area contributed by atoms with Gasteiger partial charge in [0, 0.05) is 49.2 Å². The van der Waals surface area contributed by atoms with Gasteiger partial charge in [0.2, 0.25) is 0 Å². The van der Waals surface area contributed by atoms with Crippen LogP contribution in [-0.2, 0) is 0 Å². The standard InChI is InChI=1S/C65H40N4O/c1-3-17-41(18-4-1)48-24-11-13-28-54(48)64-66-63(67-65(68-64)55-29-14-12-25-49(55)42-19-5-2-6-20-42)47-33-36-58(56(38-47)46-32-34-52-51-27-15-16-30-60(51)70-61(52)40-46)69-59-39-45-23-8-7-22-44(45)37-57(59)53-35-31-43-21-9-10-26-50(43)62(53)69/h1-40H. The predicted molar refractivity (Wildman–Crippen MR) is 289 cm³/mol. The summed E-state index contributed by atoms with van der Waals surface area (Å²) in [6.07, 6.45) is 0. The van der Waals surface area contributed by atoms with E-state index in [0.717, 1.165) is 88.7 Å². The van der Waals surface area contributed by atoms with Gasteiger partial charge in [-0.15, -0.1) is 0 Å². The molecule has 0 unspecified atom stereocenters. The van der Waals surface area contributed by atoms with Crippen LogP contribution in [-0.4, -0.2) is 19.5 Å². The van der Waals surface area contributed by atoms with Gasteiger partial charge in [-0.1, -0.05) is 194 Å². The molecule has 0 atom stereocenters. The second-order valence-electron chi connectivity index (χ2n) is 17.9. The van der Waals surface area contributed by atoms with E-state index in [-0.39, 0.29) is 0 Å². The Labute approximate surface area is 403 Å². The minimum Gasteiger partial charge on any atom is -0.456 e. The molecule has 0 amide bonds. The van der Waals surface area contributed by atoms with Gasteiger partial charge >= 0.3 is 0 Å². The molecule has 14 aromatic rings. The molecule has 5 nitrogen and oxygen atoms in total. The largest absolute Gasteiger partial charge is 0.456 e. The van der Waals surface area contributed by atoms with Crippen LogP contribution in [0.15, 0.2) is 247 Å². The van der Waals surface area contributed by atoms with Crippen LogP contribution < -0.4 is 0 Å². The Morgan fingerprint density at radius 1 is 0.286 bits per heavy atom. The maximum atomic E-state index is 6.59. The van der Waals surface area contributed by atoms with Crippen molar-refractivity contribution in [3.05, 3.63) is 243 Å². The Kier molecular flexibility index (Phi) is 9.14. The molecule has 0 bridgehead atoms. The molecule has 5 heteroatoms. The Morgan fingerprint density at radius 3 is 1.51 bits per heavy atom. The Morgan fingerprint density at radius 2 is 0.814 bits per heavy atom. The summed E-state index contributed by atoms with van der Waals surface area (Å²) in [5.41, 5.74) is 14.0. The van der Waals surface area contributed by atoms with Crippen LogP contribution in [0.2, 0.25) is 0 Å². The van der Waals surface area contributed by atoms with Gasteiger partial charge in [-0.25, -0.2) is 15.0 Å². The summed E-state index contributed by atoms with van der Waals surface area (Å²) in [6, 6.07) is 85.8. The number of hydrogen-bond donors (Lipinski definition) is 0. The smallest absolute Gasteiger partial charge is 0.164 e. The fourth-order valence-corrected chi connectivity index (χ4v) is 10.5. The molecule has 0 spiro atoms. The number of hydrogen-bond acceptors (Lipinski definition) is 4. The van der Waals surface area contributed by atoms with Crippen molar-refractivity contribution in [2.45, 2.75) is 0 Å². The molecule has 11 aromatic carbocycles. The Balaban J connectivity index is 1.07. The first kappa shape index (κ1) is 39.7. The molecular weight excluding hydrogens is 853 g/mol. The van der Waals surface area contributed by atoms with Gasteiger partial charge in [0.25, 0.3) is 0 Å². The van der Waals surface area contributed by atoms with Crippen LogP contribution in [0.1, 0.15) is 0 Å². The number of furan rings is 1. The molecule has 0 aliphatic rings. The first-order valence-electron chi connectivity index (χ1n) is 23.7. The number of benzene rings is 11. The Bertz CT molecular complexity index is 4260. The molecule has 0 aliphatic carbocycles. The second-order valence-corrected chi connectivity index (χ2v) is 17.9. The van der Waals surface area contributed by atoms with Crippen LogP contribution in [0.3, 0.4) is 0 Å². The van der Waals surface area contributed by atoms with Crippen LogP contribution in [0.5, 0.6) is 0 Å². The van der Waals surface area contributed by atoms with Crippen molar-refractivity contribution < 1.29 is 4.42 Å². The van der Waals surface area contributed by atoms with Crippen molar-refractivity contribution >= 4 is 65.3 Å². The minimum atomic E-state index is 0.571. The van der Waals surface area contributed by atoms with E-state index < -0.39 is 0 Å². The molecule has 0 radical (unpaired) electrons. The summed E-state index contributed by atoms with van der Waals surface area (Å²) in [4.78, 5) is 16.2. The molecule has 3 heterocycles. The molecule has 70 heavy (non-hydrogen) atoms. The van der Waals surface area contributed by atoms with Crippen molar-refractivity contribution in [3.63, 3.8) is 0 Å². The van der Waals surface area contributed by atoms with E-state index in [0.29, 0.717) is 17.5 Å².